The highest BCUT2D eigenvalue weighted by molar-refractivity contribution is 9.10. The van der Waals surface area contributed by atoms with Crippen LogP contribution in [-0.4, -0.2) is 12.8 Å². The van der Waals surface area contributed by atoms with Crippen molar-refractivity contribution in [1.29, 1.82) is 0 Å². The number of hydrogen-bond donors (Lipinski definition) is 1. The van der Waals surface area contributed by atoms with Crippen molar-refractivity contribution in [1.82, 2.24) is 0 Å². The molecule has 0 aliphatic carbocycles. The Morgan fingerprint density at radius 3 is 2.60 bits per heavy atom. The summed E-state index contributed by atoms with van der Waals surface area (Å²) < 4.78 is 11.0. The number of carbonyl (C=O) groups excluding carboxylic acids is 1. The molecule has 0 saturated heterocycles. The average Bonchev–Trinajstić information content (AvgIpc) is 2.43. The van der Waals surface area contributed by atoms with Crippen LogP contribution in [0.3, 0.4) is 0 Å². The molecule has 0 unspecified atom stereocenters. The van der Waals surface area contributed by atoms with E-state index in [1.54, 1.807) is 18.2 Å². The molecule has 0 spiro atoms. The van der Waals surface area contributed by atoms with E-state index in [9.17, 15) is 4.79 Å². The van der Waals surface area contributed by atoms with Gasteiger partial charge < -0.3 is 15.2 Å². The van der Waals surface area contributed by atoms with Gasteiger partial charge in [-0.25, -0.2) is 4.79 Å². The van der Waals surface area contributed by atoms with Gasteiger partial charge in [0, 0.05) is 10.2 Å². The Morgan fingerprint density at radius 2 is 1.90 bits per heavy atom. The summed E-state index contributed by atoms with van der Waals surface area (Å²) in [5.74, 6) is -0.467. The number of ether oxygens (including phenoxy) is 2. The van der Waals surface area contributed by atoms with Gasteiger partial charge in [-0.2, -0.15) is 0 Å². The Hall–Kier alpha value is -1.85. The zero-order valence-electron chi connectivity index (χ0n) is 10.7. The van der Waals surface area contributed by atoms with Gasteiger partial charge in [-0.05, 0) is 23.8 Å². The molecule has 2 aromatic carbocycles. The highest BCUT2D eigenvalue weighted by Crippen LogP contribution is 2.18. The third-order valence-electron chi connectivity index (χ3n) is 2.54. The molecule has 20 heavy (non-hydrogen) atoms. The van der Waals surface area contributed by atoms with Gasteiger partial charge in [-0.15, -0.1) is 0 Å². The number of carbonyl (C=O) groups is 1. The fraction of sp³-hybridized carbons (Fsp3) is 0.133. The van der Waals surface area contributed by atoms with Crippen molar-refractivity contribution in [2.45, 2.75) is 6.61 Å². The van der Waals surface area contributed by atoms with Crippen LogP contribution in [0.25, 0.3) is 0 Å². The van der Waals surface area contributed by atoms with Gasteiger partial charge in [-0.3, -0.25) is 0 Å². The lowest BCUT2D eigenvalue weighted by Crippen LogP contribution is -2.09. The van der Waals surface area contributed by atoms with Gasteiger partial charge >= 0.3 is 5.97 Å². The van der Waals surface area contributed by atoms with E-state index in [0.717, 1.165) is 10.0 Å². The van der Waals surface area contributed by atoms with Gasteiger partial charge in [0.05, 0.1) is 12.2 Å². The summed E-state index contributed by atoms with van der Waals surface area (Å²) >= 11 is 3.27. The molecule has 104 valence electrons. The molecule has 2 aromatic rings. The van der Waals surface area contributed by atoms with Crippen LogP contribution < -0.4 is 5.73 Å². The molecule has 0 atom stereocenters. The first kappa shape index (κ1) is 14.6. The van der Waals surface area contributed by atoms with Crippen LogP contribution in [-0.2, 0) is 16.1 Å². The Morgan fingerprint density at radius 1 is 1.15 bits per heavy atom. The SMILES string of the molecule is Nc1cc(Br)cc(C(=O)OCOCc2ccccc2)c1. The zero-order valence-corrected chi connectivity index (χ0v) is 12.3. The van der Waals surface area contributed by atoms with E-state index >= 15 is 0 Å². The summed E-state index contributed by atoms with van der Waals surface area (Å²) in [6.07, 6.45) is 0. The standard InChI is InChI=1S/C15H14BrNO3/c16-13-6-12(7-14(17)8-13)15(18)20-10-19-9-11-4-2-1-3-5-11/h1-8H,9-10,17H2. The van der Waals surface area contributed by atoms with Gasteiger partial charge in [0.25, 0.3) is 0 Å². The van der Waals surface area contributed by atoms with Crippen molar-refractivity contribution in [3.05, 3.63) is 64.1 Å². The predicted molar refractivity (Wildman–Crippen MR) is 80.1 cm³/mol. The molecule has 0 aromatic heterocycles. The van der Waals surface area contributed by atoms with E-state index in [2.05, 4.69) is 15.9 Å². The third kappa shape index (κ3) is 4.36. The number of hydrogen-bond acceptors (Lipinski definition) is 4. The summed E-state index contributed by atoms with van der Waals surface area (Å²) in [7, 11) is 0. The van der Waals surface area contributed by atoms with Crippen LogP contribution in [0.1, 0.15) is 15.9 Å². The molecule has 0 bridgehead atoms. The molecule has 0 amide bonds. The van der Waals surface area contributed by atoms with E-state index in [1.807, 2.05) is 30.3 Å². The Labute approximate surface area is 125 Å². The van der Waals surface area contributed by atoms with Crippen molar-refractivity contribution in [2.24, 2.45) is 0 Å². The molecule has 5 heteroatoms. The predicted octanol–water partition coefficient (Wildman–Crippen LogP) is 3.36. The second kappa shape index (κ2) is 7.07. The number of rotatable bonds is 5. The van der Waals surface area contributed by atoms with E-state index in [1.165, 1.54) is 0 Å². The van der Waals surface area contributed by atoms with E-state index in [4.69, 9.17) is 15.2 Å². The van der Waals surface area contributed by atoms with E-state index < -0.39 is 5.97 Å². The molecule has 2 N–H and O–H groups in total. The van der Waals surface area contributed by atoms with E-state index in [-0.39, 0.29) is 6.79 Å². The van der Waals surface area contributed by atoms with Crippen LogP contribution in [0.15, 0.2) is 53.0 Å². The normalized spacial score (nSPS) is 10.2. The maximum Gasteiger partial charge on any atom is 0.340 e. The van der Waals surface area contributed by atoms with Crippen molar-refractivity contribution in [3.8, 4) is 0 Å². The summed E-state index contributed by atoms with van der Waals surface area (Å²) in [5.41, 5.74) is 7.57. The van der Waals surface area contributed by atoms with Crippen LogP contribution in [0, 0.1) is 0 Å². The largest absolute Gasteiger partial charge is 0.435 e. The van der Waals surface area contributed by atoms with Crippen molar-refractivity contribution in [2.75, 3.05) is 12.5 Å². The Bertz CT molecular complexity index is 567. The minimum absolute atomic E-state index is 0.0971. The van der Waals surface area contributed by atoms with E-state index in [0.29, 0.717) is 17.9 Å². The second-order valence-corrected chi connectivity index (χ2v) is 5.07. The monoisotopic (exact) mass is 335 g/mol. The molecule has 0 fully saturated rings. The first-order valence-corrected chi connectivity index (χ1v) is 6.79. The van der Waals surface area contributed by atoms with Crippen LogP contribution >= 0.6 is 15.9 Å². The van der Waals surface area contributed by atoms with Crippen LogP contribution in [0.2, 0.25) is 0 Å². The minimum Gasteiger partial charge on any atom is -0.435 e. The molecule has 0 aliphatic heterocycles. The van der Waals surface area contributed by atoms with Gasteiger partial charge in [0.2, 0.25) is 0 Å². The number of nitrogens with two attached hydrogens (primary N) is 1. The Kier molecular flexibility index (Phi) is 5.15. The molecule has 4 nitrogen and oxygen atoms in total. The summed E-state index contributed by atoms with van der Waals surface area (Å²) in [4.78, 5) is 11.8. The molecule has 0 heterocycles. The smallest absolute Gasteiger partial charge is 0.340 e. The average molecular weight is 336 g/mol. The number of benzene rings is 2. The number of nitrogen functional groups attached to an aromatic ring is 1. The Balaban J connectivity index is 1.80. The summed E-state index contributed by atoms with van der Waals surface area (Å²) in [6, 6.07) is 14.6. The highest BCUT2D eigenvalue weighted by Gasteiger charge is 2.08. The number of esters is 1. The van der Waals surface area contributed by atoms with Crippen LogP contribution in [0.4, 0.5) is 5.69 Å². The fourth-order valence-corrected chi connectivity index (χ4v) is 2.15. The summed E-state index contributed by atoms with van der Waals surface area (Å²) in [6.45, 7) is 0.300. The lowest BCUT2D eigenvalue weighted by molar-refractivity contribution is -0.0381. The lowest BCUT2D eigenvalue weighted by atomic mass is 10.2. The molecule has 0 radical (unpaired) electrons. The first-order valence-electron chi connectivity index (χ1n) is 6.00. The molecular weight excluding hydrogens is 322 g/mol. The maximum atomic E-state index is 11.8. The first-order chi connectivity index (χ1) is 9.65. The third-order valence-corrected chi connectivity index (χ3v) is 3.00. The minimum atomic E-state index is -0.467. The zero-order chi connectivity index (χ0) is 14.4. The van der Waals surface area contributed by atoms with Gasteiger partial charge in [-0.1, -0.05) is 46.3 Å². The number of anilines is 1. The second-order valence-electron chi connectivity index (χ2n) is 4.16. The van der Waals surface area contributed by atoms with Crippen molar-refractivity contribution < 1.29 is 14.3 Å². The lowest BCUT2D eigenvalue weighted by Gasteiger charge is -2.07. The molecule has 0 saturated carbocycles. The maximum absolute atomic E-state index is 11.8. The van der Waals surface area contributed by atoms with Gasteiger partial charge in [0.15, 0.2) is 6.79 Å². The number of halogens is 1. The summed E-state index contributed by atoms with van der Waals surface area (Å²) in [5, 5.41) is 0. The van der Waals surface area contributed by atoms with Crippen molar-refractivity contribution >= 4 is 27.6 Å². The highest BCUT2D eigenvalue weighted by atomic mass is 79.9. The molecule has 2 rings (SSSR count). The van der Waals surface area contributed by atoms with Crippen molar-refractivity contribution in [3.63, 3.8) is 0 Å². The quantitative estimate of drug-likeness (QED) is 0.394. The van der Waals surface area contributed by atoms with Gasteiger partial charge in [0.1, 0.15) is 0 Å². The molecular formula is C15H14BrNO3. The topological polar surface area (TPSA) is 61.6 Å². The van der Waals surface area contributed by atoms with Crippen LogP contribution in [0.5, 0.6) is 0 Å². The fourth-order valence-electron chi connectivity index (χ4n) is 1.64. The molecule has 0 aliphatic rings.